The highest BCUT2D eigenvalue weighted by Gasteiger charge is 2.21. The molecule has 0 radical (unpaired) electrons. The lowest BCUT2D eigenvalue weighted by Gasteiger charge is -2.07. The average molecular weight is 201 g/mol. The Kier molecular flexibility index (Phi) is 1.99. The number of fused-ring (bicyclic) bond motifs is 1. The maximum absolute atomic E-state index is 4.72. The molecule has 1 fully saturated rings. The lowest BCUT2D eigenvalue weighted by atomic mass is 10.1. The van der Waals surface area contributed by atoms with Crippen LogP contribution in [0, 0.1) is 0 Å². The smallest absolute Gasteiger partial charge is 0.114 e. The maximum atomic E-state index is 4.72. The van der Waals surface area contributed by atoms with Gasteiger partial charge in [-0.15, -0.1) is 0 Å². The highest BCUT2D eigenvalue weighted by Crippen LogP contribution is 2.24. The van der Waals surface area contributed by atoms with Gasteiger partial charge in [0.05, 0.1) is 11.0 Å². The van der Waals surface area contributed by atoms with Crippen molar-refractivity contribution in [2.45, 2.75) is 12.3 Å². The van der Waals surface area contributed by atoms with E-state index in [9.17, 15) is 0 Å². The fourth-order valence-electron chi connectivity index (χ4n) is 2.40. The number of aromatic nitrogens is 2. The molecule has 1 atom stereocenters. The third kappa shape index (κ3) is 1.35. The molecule has 0 aliphatic carbocycles. The normalized spacial score (nSPS) is 21.3. The van der Waals surface area contributed by atoms with Crippen molar-refractivity contribution >= 4 is 11.0 Å². The Labute approximate surface area is 89.1 Å². The first kappa shape index (κ1) is 8.92. The summed E-state index contributed by atoms with van der Waals surface area (Å²) in [7, 11) is 2.11. The minimum atomic E-state index is 0.586. The fourth-order valence-corrected chi connectivity index (χ4v) is 2.40. The van der Waals surface area contributed by atoms with Crippen LogP contribution in [0.1, 0.15) is 18.2 Å². The molecular formula is C12H15N3. The minimum Gasteiger partial charge on any atom is -0.331 e. The molecule has 1 unspecified atom stereocenters. The summed E-state index contributed by atoms with van der Waals surface area (Å²) in [6, 6.07) is 8.34. The molecule has 78 valence electrons. The van der Waals surface area contributed by atoms with Crippen molar-refractivity contribution in [2.75, 3.05) is 13.1 Å². The van der Waals surface area contributed by atoms with E-state index in [1.807, 2.05) is 6.07 Å². The van der Waals surface area contributed by atoms with Crippen LogP contribution >= 0.6 is 0 Å². The molecule has 15 heavy (non-hydrogen) atoms. The Morgan fingerprint density at radius 1 is 1.40 bits per heavy atom. The van der Waals surface area contributed by atoms with Crippen molar-refractivity contribution in [2.24, 2.45) is 7.05 Å². The number of hydrogen-bond donors (Lipinski definition) is 1. The Hall–Kier alpha value is -1.35. The maximum Gasteiger partial charge on any atom is 0.114 e. The SMILES string of the molecule is Cn1c(C2CCNC2)nc2ccccc21. The van der Waals surface area contributed by atoms with Crippen molar-refractivity contribution < 1.29 is 0 Å². The summed E-state index contributed by atoms with van der Waals surface area (Å²) in [4.78, 5) is 4.72. The van der Waals surface area contributed by atoms with Gasteiger partial charge in [-0.1, -0.05) is 12.1 Å². The highest BCUT2D eigenvalue weighted by molar-refractivity contribution is 5.75. The number of imidazole rings is 1. The van der Waals surface area contributed by atoms with Crippen LogP contribution in [-0.2, 0) is 7.05 Å². The van der Waals surface area contributed by atoms with Crippen LogP contribution in [-0.4, -0.2) is 22.6 Å². The molecule has 3 nitrogen and oxygen atoms in total. The van der Waals surface area contributed by atoms with Crippen LogP contribution in [0.15, 0.2) is 24.3 Å². The standard InChI is InChI=1S/C12H15N3/c1-15-11-5-3-2-4-10(11)14-12(15)9-6-7-13-8-9/h2-5,9,13H,6-8H2,1H3. The number of nitrogens with one attached hydrogen (secondary N) is 1. The molecular weight excluding hydrogens is 186 g/mol. The van der Waals surface area contributed by atoms with Crippen molar-refractivity contribution in [3.05, 3.63) is 30.1 Å². The lowest BCUT2D eigenvalue weighted by Crippen LogP contribution is -2.11. The van der Waals surface area contributed by atoms with Crippen molar-refractivity contribution in [3.63, 3.8) is 0 Å². The molecule has 1 N–H and O–H groups in total. The summed E-state index contributed by atoms with van der Waals surface area (Å²) >= 11 is 0. The van der Waals surface area contributed by atoms with E-state index < -0.39 is 0 Å². The van der Waals surface area contributed by atoms with Gasteiger partial charge in [0, 0.05) is 19.5 Å². The third-order valence-electron chi connectivity index (χ3n) is 3.25. The van der Waals surface area contributed by atoms with E-state index in [-0.39, 0.29) is 0 Å². The second kappa shape index (κ2) is 3.35. The van der Waals surface area contributed by atoms with Crippen molar-refractivity contribution in [1.29, 1.82) is 0 Å². The molecule has 1 aromatic carbocycles. The van der Waals surface area contributed by atoms with Gasteiger partial charge in [0.1, 0.15) is 5.82 Å². The molecule has 0 spiro atoms. The molecule has 0 bridgehead atoms. The summed E-state index contributed by atoms with van der Waals surface area (Å²) in [5.41, 5.74) is 2.35. The molecule has 2 aromatic rings. The number of para-hydroxylation sites is 2. The van der Waals surface area contributed by atoms with Gasteiger partial charge in [-0.05, 0) is 25.1 Å². The Morgan fingerprint density at radius 2 is 2.27 bits per heavy atom. The van der Waals surface area contributed by atoms with Gasteiger partial charge in [-0.2, -0.15) is 0 Å². The zero-order chi connectivity index (χ0) is 10.3. The van der Waals surface area contributed by atoms with E-state index in [4.69, 9.17) is 4.98 Å². The summed E-state index contributed by atoms with van der Waals surface area (Å²) < 4.78 is 2.23. The van der Waals surface area contributed by atoms with Gasteiger partial charge in [0.15, 0.2) is 0 Å². The Bertz CT molecular complexity index is 481. The largest absolute Gasteiger partial charge is 0.331 e. The van der Waals surface area contributed by atoms with E-state index in [2.05, 4.69) is 35.1 Å². The monoisotopic (exact) mass is 201 g/mol. The van der Waals surface area contributed by atoms with Crippen LogP contribution in [0.4, 0.5) is 0 Å². The van der Waals surface area contributed by atoms with Crippen molar-refractivity contribution in [1.82, 2.24) is 14.9 Å². The molecule has 3 rings (SSSR count). The van der Waals surface area contributed by atoms with Crippen LogP contribution in [0.5, 0.6) is 0 Å². The first-order valence-electron chi connectivity index (χ1n) is 5.48. The summed E-state index contributed by atoms with van der Waals surface area (Å²) in [5, 5.41) is 3.39. The van der Waals surface area contributed by atoms with E-state index in [1.165, 1.54) is 17.8 Å². The lowest BCUT2D eigenvalue weighted by molar-refractivity contribution is 0.667. The second-order valence-corrected chi connectivity index (χ2v) is 4.21. The van der Waals surface area contributed by atoms with Crippen molar-refractivity contribution in [3.8, 4) is 0 Å². The number of aryl methyl sites for hydroxylation is 1. The first-order valence-corrected chi connectivity index (χ1v) is 5.48. The number of hydrogen-bond acceptors (Lipinski definition) is 2. The first-order chi connectivity index (χ1) is 7.36. The summed E-state index contributed by atoms with van der Waals surface area (Å²) in [6.07, 6.45) is 1.21. The topological polar surface area (TPSA) is 29.9 Å². The molecule has 0 saturated carbocycles. The van der Waals surface area contributed by atoms with Gasteiger partial charge < -0.3 is 9.88 Å². The molecule has 0 amide bonds. The molecule has 1 aliphatic heterocycles. The molecule has 2 heterocycles. The number of benzene rings is 1. The van der Waals surface area contributed by atoms with Gasteiger partial charge in [0.25, 0.3) is 0 Å². The Balaban J connectivity index is 2.14. The average Bonchev–Trinajstić information content (AvgIpc) is 2.87. The number of nitrogens with zero attached hydrogens (tertiary/aromatic N) is 2. The summed E-state index contributed by atoms with van der Waals surface area (Å²) in [6.45, 7) is 2.19. The molecule has 1 aromatic heterocycles. The van der Waals surface area contributed by atoms with Crippen LogP contribution < -0.4 is 5.32 Å². The van der Waals surface area contributed by atoms with Crippen LogP contribution in [0.25, 0.3) is 11.0 Å². The molecule has 1 saturated heterocycles. The van der Waals surface area contributed by atoms with E-state index in [0.717, 1.165) is 18.6 Å². The van der Waals surface area contributed by atoms with Gasteiger partial charge >= 0.3 is 0 Å². The predicted molar refractivity (Wildman–Crippen MR) is 60.9 cm³/mol. The zero-order valence-corrected chi connectivity index (χ0v) is 8.90. The van der Waals surface area contributed by atoms with E-state index >= 15 is 0 Å². The van der Waals surface area contributed by atoms with Crippen LogP contribution in [0.2, 0.25) is 0 Å². The van der Waals surface area contributed by atoms with Gasteiger partial charge in [-0.3, -0.25) is 0 Å². The van der Waals surface area contributed by atoms with Gasteiger partial charge in [-0.25, -0.2) is 4.98 Å². The predicted octanol–water partition coefficient (Wildman–Crippen LogP) is 1.65. The molecule has 1 aliphatic rings. The fraction of sp³-hybridized carbons (Fsp3) is 0.417. The van der Waals surface area contributed by atoms with Gasteiger partial charge in [0.2, 0.25) is 0 Å². The third-order valence-corrected chi connectivity index (χ3v) is 3.25. The molecule has 3 heteroatoms. The second-order valence-electron chi connectivity index (χ2n) is 4.21. The Morgan fingerprint density at radius 3 is 3.00 bits per heavy atom. The quantitative estimate of drug-likeness (QED) is 0.760. The van der Waals surface area contributed by atoms with E-state index in [1.54, 1.807) is 0 Å². The van der Waals surface area contributed by atoms with E-state index in [0.29, 0.717) is 5.92 Å². The van der Waals surface area contributed by atoms with Crippen LogP contribution in [0.3, 0.4) is 0 Å². The highest BCUT2D eigenvalue weighted by atomic mass is 15.1. The summed E-state index contributed by atoms with van der Waals surface area (Å²) in [5.74, 6) is 1.81. The zero-order valence-electron chi connectivity index (χ0n) is 8.90. The minimum absolute atomic E-state index is 0.586. The number of rotatable bonds is 1.